The molecule has 0 spiro atoms. The highest BCUT2D eigenvalue weighted by molar-refractivity contribution is 9.10. The quantitative estimate of drug-likeness (QED) is 0.902. The third-order valence-corrected chi connectivity index (χ3v) is 3.65. The molecule has 2 N–H and O–H groups in total. The number of halogens is 1. The second-order valence-electron chi connectivity index (χ2n) is 3.71. The molecule has 1 heterocycles. The number of nitrogens with one attached hydrogen (secondary N) is 1. The van der Waals surface area contributed by atoms with E-state index in [0.29, 0.717) is 12.2 Å². The van der Waals surface area contributed by atoms with Gasteiger partial charge >= 0.3 is 5.97 Å². The van der Waals surface area contributed by atoms with E-state index in [1.807, 2.05) is 12.3 Å². The number of rotatable bonds is 4. The molecule has 0 saturated carbocycles. The summed E-state index contributed by atoms with van der Waals surface area (Å²) in [5.74, 6) is -0.945. The van der Waals surface area contributed by atoms with E-state index in [-0.39, 0.29) is 5.56 Å². The molecule has 0 saturated heterocycles. The lowest BCUT2D eigenvalue weighted by molar-refractivity contribution is 0.0698. The fraction of sp³-hybridized carbons (Fsp3) is 0.167. The van der Waals surface area contributed by atoms with Gasteiger partial charge in [0, 0.05) is 9.85 Å². The molecule has 0 aliphatic heterocycles. The Hall–Kier alpha value is -1.40. The van der Waals surface area contributed by atoms with Crippen LogP contribution in [0, 0.1) is 6.92 Å². The molecule has 18 heavy (non-hydrogen) atoms. The Kier molecular flexibility index (Phi) is 3.98. The number of hydrogen-bond donors (Lipinski definition) is 2. The first kappa shape index (κ1) is 13.0. The van der Waals surface area contributed by atoms with Gasteiger partial charge in [-0.3, -0.25) is 0 Å². The van der Waals surface area contributed by atoms with Crippen LogP contribution in [0.5, 0.6) is 0 Å². The predicted octanol–water partition coefficient (Wildman–Crippen LogP) is 3.52. The first-order valence-electron chi connectivity index (χ1n) is 5.24. The molecule has 0 fully saturated rings. The Balaban J connectivity index is 2.17. The van der Waals surface area contributed by atoms with Crippen LogP contribution in [0.1, 0.15) is 21.1 Å². The molecule has 4 nitrogen and oxygen atoms in total. The van der Waals surface area contributed by atoms with E-state index in [1.165, 1.54) is 0 Å². The fourth-order valence-corrected chi connectivity index (χ4v) is 2.50. The van der Waals surface area contributed by atoms with Crippen LogP contribution in [0.25, 0.3) is 0 Å². The number of hydrogen-bond acceptors (Lipinski definition) is 4. The summed E-state index contributed by atoms with van der Waals surface area (Å²) in [6, 6.07) is 5.03. The van der Waals surface area contributed by atoms with Gasteiger partial charge in [-0.15, -0.1) is 11.3 Å². The molecule has 2 aromatic rings. The monoisotopic (exact) mass is 326 g/mol. The fourth-order valence-electron chi connectivity index (χ4n) is 1.52. The molecule has 0 unspecified atom stereocenters. The zero-order chi connectivity index (χ0) is 13.1. The second kappa shape index (κ2) is 5.49. The van der Waals surface area contributed by atoms with Gasteiger partial charge in [-0.1, -0.05) is 15.9 Å². The minimum Gasteiger partial charge on any atom is -0.478 e. The van der Waals surface area contributed by atoms with E-state index >= 15 is 0 Å². The summed E-state index contributed by atoms with van der Waals surface area (Å²) in [4.78, 5) is 15.4. The van der Waals surface area contributed by atoms with Crippen LogP contribution in [0.4, 0.5) is 5.69 Å². The van der Waals surface area contributed by atoms with Crippen molar-refractivity contribution in [2.75, 3.05) is 5.32 Å². The van der Waals surface area contributed by atoms with Crippen molar-refractivity contribution in [1.82, 2.24) is 4.98 Å². The van der Waals surface area contributed by atoms with Gasteiger partial charge in [0.05, 0.1) is 28.5 Å². The molecule has 1 aromatic carbocycles. The zero-order valence-electron chi connectivity index (χ0n) is 9.61. The molecule has 0 atom stereocenters. The van der Waals surface area contributed by atoms with E-state index in [0.717, 1.165) is 15.2 Å². The number of aryl methyl sites for hydroxylation is 1. The molecule has 0 radical (unpaired) electrons. The maximum Gasteiger partial charge on any atom is 0.337 e. The number of carbonyl (C=O) groups is 1. The Morgan fingerprint density at radius 2 is 2.33 bits per heavy atom. The molecule has 0 bridgehead atoms. The van der Waals surface area contributed by atoms with Gasteiger partial charge in [0.2, 0.25) is 0 Å². The summed E-state index contributed by atoms with van der Waals surface area (Å²) in [6.07, 6.45) is 0. The average molecular weight is 327 g/mol. The Labute approximate surface area is 117 Å². The second-order valence-corrected chi connectivity index (χ2v) is 5.68. The topological polar surface area (TPSA) is 62.2 Å². The van der Waals surface area contributed by atoms with Gasteiger partial charge in [-0.2, -0.15) is 0 Å². The molecule has 2 rings (SSSR count). The lowest BCUT2D eigenvalue weighted by atomic mass is 10.2. The van der Waals surface area contributed by atoms with Gasteiger partial charge in [-0.05, 0) is 25.1 Å². The molecule has 6 heteroatoms. The van der Waals surface area contributed by atoms with Crippen LogP contribution < -0.4 is 5.32 Å². The summed E-state index contributed by atoms with van der Waals surface area (Å²) in [5, 5.41) is 15.1. The van der Waals surface area contributed by atoms with Crippen LogP contribution in [0.2, 0.25) is 0 Å². The van der Waals surface area contributed by atoms with E-state index in [2.05, 4.69) is 26.2 Å². The number of benzene rings is 1. The van der Waals surface area contributed by atoms with Gasteiger partial charge in [0.1, 0.15) is 0 Å². The normalized spacial score (nSPS) is 10.3. The molecule has 0 aliphatic rings. The summed E-state index contributed by atoms with van der Waals surface area (Å²) < 4.78 is 0.837. The highest BCUT2D eigenvalue weighted by atomic mass is 79.9. The molecular weight excluding hydrogens is 316 g/mol. The average Bonchev–Trinajstić information content (AvgIpc) is 2.72. The van der Waals surface area contributed by atoms with Crippen molar-refractivity contribution in [1.29, 1.82) is 0 Å². The van der Waals surface area contributed by atoms with Gasteiger partial charge in [-0.25, -0.2) is 9.78 Å². The van der Waals surface area contributed by atoms with Crippen LogP contribution in [0.15, 0.2) is 28.1 Å². The number of carboxylic acid groups (broad SMARTS) is 1. The number of aromatic nitrogens is 1. The van der Waals surface area contributed by atoms with Crippen molar-refractivity contribution in [3.63, 3.8) is 0 Å². The number of thiazole rings is 1. The van der Waals surface area contributed by atoms with Crippen molar-refractivity contribution in [3.8, 4) is 0 Å². The lowest BCUT2D eigenvalue weighted by Crippen LogP contribution is -2.06. The predicted molar refractivity (Wildman–Crippen MR) is 75.3 cm³/mol. The molecule has 0 amide bonds. The van der Waals surface area contributed by atoms with Crippen molar-refractivity contribution >= 4 is 38.9 Å². The van der Waals surface area contributed by atoms with E-state index in [9.17, 15) is 4.79 Å². The first-order chi connectivity index (χ1) is 8.56. The van der Waals surface area contributed by atoms with Crippen molar-refractivity contribution in [2.24, 2.45) is 0 Å². The molecule has 0 aliphatic carbocycles. The number of aromatic carboxylic acids is 1. The maximum atomic E-state index is 11.1. The molecule has 94 valence electrons. The lowest BCUT2D eigenvalue weighted by Gasteiger charge is -2.08. The summed E-state index contributed by atoms with van der Waals surface area (Å²) in [7, 11) is 0. The molecule has 1 aromatic heterocycles. The summed E-state index contributed by atoms with van der Waals surface area (Å²) in [5.41, 5.74) is 1.75. The standard InChI is InChI=1S/C12H11BrN2O2S/c1-7-15-9(6-18-7)5-14-11-4-8(13)2-3-10(11)12(16)17/h2-4,6,14H,5H2,1H3,(H,16,17). The van der Waals surface area contributed by atoms with Crippen LogP contribution >= 0.6 is 27.3 Å². The highest BCUT2D eigenvalue weighted by Gasteiger charge is 2.10. The SMILES string of the molecule is Cc1nc(CNc2cc(Br)ccc2C(=O)O)cs1. The maximum absolute atomic E-state index is 11.1. The third-order valence-electron chi connectivity index (χ3n) is 2.34. The Bertz CT molecular complexity index is 583. The minimum atomic E-state index is -0.945. The van der Waals surface area contributed by atoms with Crippen LogP contribution in [0.3, 0.4) is 0 Å². The van der Waals surface area contributed by atoms with E-state index in [1.54, 1.807) is 29.5 Å². The van der Waals surface area contributed by atoms with Crippen molar-refractivity contribution in [2.45, 2.75) is 13.5 Å². The van der Waals surface area contributed by atoms with E-state index < -0.39 is 5.97 Å². The zero-order valence-corrected chi connectivity index (χ0v) is 12.0. The van der Waals surface area contributed by atoms with Crippen LogP contribution in [-0.4, -0.2) is 16.1 Å². The highest BCUT2D eigenvalue weighted by Crippen LogP contribution is 2.22. The Morgan fingerprint density at radius 1 is 1.56 bits per heavy atom. The van der Waals surface area contributed by atoms with Crippen molar-refractivity contribution < 1.29 is 9.90 Å². The summed E-state index contributed by atoms with van der Waals surface area (Å²) >= 11 is 4.91. The third kappa shape index (κ3) is 3.08. The number of carboxylic acids is 1. The first-order valence-corrected chi connectivity index (χ1v) is 6.91. The van der Waals surface area contributed by atoms with Gasteiger partial charge in [0.15, 0.2) is 0 Å². The Morgan fingerprint density at radius 3 is 2.94 bits per heavy atom. The largest absolute Gasteiger partial charge is 0.478 e. The summed E-state index contributed by atoms with van der Waals surface area (Å²) in [6.45, 7) is 2.46. The van der Waals surface area contributed by atoms with Crippen LogP contribution in [-0.2, 0) is 6.54 Å². The van der Waals surface area contributed by atoms with Gasteiger partial charge in [0.25, 0.3) is 0 Å². The van der Waals surface area contributed by atoms with E-state index in [4.69, 9.17) is 5.11 Å². The minimum absolute atomic E-state index is 0.255. The smallest absolute Gasteiger partial charge is 0.337 e. The molecular formula is C12H11BrN2O2S. The number of anilines is 1. The van der Waals surface area contributed by atoms with Crippen molar-refractivity contribution in [3.05, 3.63) is 44.3 Å². The van der Waals surface area contributed by atoms with Gasteiger partial charge < -0.3 is 10.4 Å². The number of nitrogens with zero attached hydrogens (tertiary/aromatic N) is 1.